The zero-order valence-electron chi connectivity index (χ0n) is 12.8. The van der Waals surface area contributed by atoms with Gasteiger partial charge >= 0.3 is 0 Å². The zero-order chi connectivity index (χ0) is 16.8. The third-order valence-corrected chi connectivity index (χ3v) is 4.03. The molecule has 0 unspecified atom stereocenters. The van der Waals surface area contributed by atoms with E-state index >= 15 is 0 Å². The second-order valence-corrected chi connectivity index (χ2v) is 5.69. The number of hydrogen-bond acceptors (Lipinski definition) is 4. The maximum Gasteiger partial charge on any atom is 0.141 e. The van der Waals surface area contributed by atoms with Crippen molar-refractivity contribution in [2.45, 2.75) is 0 Å². The van der Waals surface area contributed by atoms with Gasteiger partial charge in [0, 0.05) is 10.8 Å². The van der Waals surface area contributed by atoms with Crippen molar-refractivity contribution in [3.63, 3.8) is 0 Å². The Morgan fingerprint density at radius 2 is 1.08 bits per heavy atom. The van der Waals surface area contributed by atoms with Gasteiger partial charge in [0.1, 0.15) is 22.5 Å². The highest BCUT2D eigenvalue weighted by molar-refractivity contribution is 5.85. The minimum atomic E-state index is 0.1000. The van der Waals surface area contributed by atoms with Crippen LogP contribution in [0.25, 0.3) is 35.0 Å². The average Bonchev–Trinajstić information content (AvgIpc) is 2.55. The molecule has 0 fully saturated rings. The van der Waals surface area contributed by atoms with E-state index in [1.54, 1.807) is 24.3 Å². The van der Waals surface area contributed by atoms with E-state index in [1.165, 1.54) is 0 Å². The Hall–Kier alpha value is -3.40. The van der Waals surface area contributed by atoms with Crippen LogP contribution in [0, 0.1) is 10.7 Å². The van der Waals surface area contributed by atoms with Crippen molar-refractivity contribution in [1.82, 2.24) is 9.97 Å². The molecular weight excluding hydrogens is 300 g/mol. The third kappa shape index (κ3) is 2.08. The number of phenols is 2. The Bertz CT molecular complexity index is 1210. The molecule has 0 spiro atoms. The first kappa shape index (κ1) is 14.2. The summed E-state index contributed by atoms with van der Waals surface area (Å²) in [5.74, 6) is 0.200. The van der Waals surface area contributed by atoms with Gasteiger partial charge in [-0.05, 0) is 34.7 Å². The predicted octanol–water partition coefficient (Wildman–Crippen LogP) is 2.30. The van der Waals surface area contributed by atoms with E-state index in [1.807, 2.05) is 24.3 Å². The molecule has 2 heterocycles. The summed E-state index contributed by atoms with van der Waals surface area (Å²) in [5.41, 5.74) is 0.969. The molecule has 4 rings (SSSR count). The maximum atomic E-state index is 10.1. The van der Waals surface area contributed by atoms with Crippen LogP contribution in [0.2, 0.25) is 0 Å². The highest BCUT2D eigenvalue weighted by atomic mass is 16.3. The van der Waals surface area contributed by atoms with Gasteiger partial charge in [0.15, 0.2) is 0 Å². The van der Waals surface area contributed by atoms with Crippen LogP contribution in [0.15, 0.2) is 48.5 Å². The number of para-hydroxylation sites is 2. The van der Waals surface area contributed by atoms with E-state index in [0.717, 1.165) is 10.8 Å². The average molecular weight is 314 g/mol. The number of aromatic nitrogens is 2. The second kappa shape index (κ2) is 5.06. The molecular formula is C20H14N2O2. The number of benzene rings is 2. The smallest absolute Gasteiger partial charge is 0.141 e. The van der Waals surface area contributed by atoms with E-state index in [9.17, 15) is 10.2 Å². The van der Waals surface area contributed by atoms with Crippen molar-refractivity contribution in [2.24, 2.45) is 0 Å². The lowest BCUT2D eigenvalue weighted by molar-refractivity contribution is 0.479. The number of pyridine rings is 2. The van der Waals surface area contributed by atoms with Crippen molar-refractivity contribution in [1.29, 1.82) is 0 Å². The fourth-order valence-electron chi connectivity index (χ4n) is 2.86. The minimum absolute atomic E-state index is 0.1000. The summed E-state index contributed by atoms with van der Waals surface area (Å²) in [6.45, 7) is 8.09. The highest BCUT2D eigenvalue weighted by Crippen LogP contribution is 2.21. The minimum Gasteiger partial charge on any atom is -0.506 e. The van der Waals surface area contributed by atoms with Crippen molar-refractivity contribution in [2.75, 3.05) is 0 Å². The number of phenolic OH excluding ortho intramolecular Hbond substituents is 2. The summed E-state index contributed by atoms with van der Waals surface area (Å²) in [7, 11) is 0. The summed E-state index contributed by atoms with van der Waals surface area (Å²) >= 11 is 0. The van der Waals surface area contributed by atoms with Crippen LogP contribution in [0.5, 0.6) is 11.5 Å². The van der Waals surface area contributed by atoms with Crippen LogP contribution < -0.4 is 10.4 Å². The Morgan fingerprint density at radius 3 is 1.50 bits per heavy atom. The number of hydrogen-bond donors (Lipinski definition) is 2. The molecule has 0 saturated carbocycles. The fraction of sp³-hybridized carbons (Fsp3) is 0. The third-order valence-electron chi connectivity index (χ3n) is 4.03. The highest BCUT2D eigenvalue weighted by Gasteiger charge is 2.04. The van der Waals surface area contributed by atoms with Crippen LogP contribution in [-0.4, -0.2) is 20.2 Å². The van der Waals surface area contributed by atoms with Crippen molar-refractivity contribution < 1.29 is 10.2 Å². The largest absolute Gasteiger partial charge is 0.506 e. The normalized spacial score (nSPS) is 12.7. The van der Waals surface area contributed by atoms with Gasteiger partial charge in [-0.2, -0.15) is 0 Å². The van der Waals surface area contributed by atoms with Gasteiger partial charge < -0.3 is 10.2 Å². The molecule has 0 aliphatic carbocycles. The van der Waals surface area contributed by atoms with Crippen LogP contribution >= 0.6 is 0 Å². The van der Waals surface area contributed by atoms with Gasteiger partial charge in [-0.3, -0.25) is 0 Å². The fourth-order valence-corrected chi connectivity index (χ4v) is 2.86. The molecule has 4 heteroatoms. The topological polar surface area (TPSA) is 66.2 Å². The first-order valence-electron chi connectivity index (χ1n) is 7.44. The molecule has 2 N–H and O–H groups in total. The van der Waals surface area contributed by atoms with Crippen molar-refractivity contribution in [3.8, 4) is 11.5 Å². The molecule has 0 atom stereocenters. The molecule has 2 aromatic carbocycles. The molecule has 0 aliphatic rings. The van der Waals surface area contributed by atoms with Gasteiger partial charge in [0.25, 0.3) is 0 Å². The number of aromatic hydroxyl groups is 2. The predicted molar refractivity (Wildman–Crippen MR) is 94.8 cm³/mol. The zero-order valence-corrected chi connectivity index (χ0v) is 12.8. The molecule has 0 amide bonds. The van der Waals surface area contributed by atoms with Gasteiger partial charge in [-0.1, -0.05) is 37.4 Å². The lowest BCUT2D eigenvalue weighted by Crippen LogP contribution is -2.11. The Labute approximate surface area is 137 Å². The Kier molecular flexibility index (Phi) is 3.00. The SMILES string of the molecule is C=c1cc2cccc(O)c2nc1=c1nc2c(O)cccc2cc1=C. The van der Waals surface area contributed by atoms with Crippen LogP contribution in [0.3, 0.4) is 0 Å². The van der Waals surface area contributed by atoms with Crippen LogP contribution in [0.1, 0.15) is 0 Å². The first-order valence-corrected chi connectivity index (χ1v) is 7.44. The van der Waals surface area contributed by atoms with E-state index in [2.05, 4.69) is 23.1 Å². The summed E-state index contributed by atoms with van der Waals surface area (Å²) < 4.78 is 0. The molecule has 0 bridgehead atoms. The molecule has 2 aromatic heterocycles. The molecule has 4 nitrogen and oxygen atoms in total. The second-order valence-electron chi connectivity index (χ2n) is 5.69. The lowest BCUT2D eigenvalue weighted by atomic mass is 10.1. The monoisotopic (exact) mass is 314 g/mol. The van der Waals surface area contributed by atoms with Gasteiger partial charge in [-0.15, -0.1) is 0 Å². The molecule has 0 saturated heterocycles. The first-order chi connectivity index (χ1) is 11.5. The van der Waals surface area contributed by atoms with E-state index < -0.39 is 0 Å². The number of nitrogens with zero attached hydrogens (tertiary/aromatic N) is 2. The summed E-state index contributed by atoms with van der Waals surface area (Å²) in [4.78, 5) is 9.09. The Balaban J connectivity index is 2.30. The maximum absolute atomic E-state index is 10.1. The molecule has 0 aliphatic heterocycles. The van der Waals surface area contributed by atoms with E-state index in [-0.39, 0.29) is 11.5 Å². The lowest BCUT2D eigenvalue weighted by Gasteiger charge is -2.02. The van der Waals surface area contributed by atoms with Crippen LogP contribution in [0.4, 0.5) is 0 Å². The van der Waals surface area contributed by atoms with Crippen molar-refractivity contribution >= 4 is 35.0 Å². The van der Waals surface area contributed by atoms with Gasteiger partial charge in [-0.25, -0.2) is 9.97 Å². The standard InChI is InChI=1S/C20H14N2O2/c1-11-9-13-5-3-7-15(23)19(13)21-17(11)18-12(2)10-14-6-4-8-16(24)20(14)22-18/h3-10,23-24H,1-2H2. The van der Waals surface area contributed by atoms with E-state index in [4.69, 9.17) is 0 Å². The Morgan fingerprint density at radius 1 is 0.667 bits per heavy atom. The molecule has 24 heavy (non-hydrogen) atoms. The van der Waals surface area contributed by atoms with E-state index in [0.29, 0.717) is 32.2 Å². The van der Waals surface area contributed by atoms with Gasteiger partial charge in [0.2, 0.25) is 0 Å². The summed E-state index contributed by atoms with van der Waals surface area (Å²) in [5, 5.41) is 24.2. The quantitative estimate of drug-likeness (QED) is 0.523. The summed E-state index contributed by atoms with van der Waals surface area (Å²) in [6.07, 6.45) is 0. The molecule has 4 aromatic rings. The number of fused-ring (bicyclic) bond motifs is 2. The van der Waals surface area contributed by atoms with Crippen molar-refractivity contribution in [3.05, 3.63) is 69.7 Å². The molecule has 0 radical (unpaired) electrons. The molecule has 116 valence electrons. The summed E-state index contributed by atoms with van der Waals surface area (Å²) in [6, 6.07) is 14.1. The number of rotatable bonds is 0. The van der Waals surface area contributed by atoms with Crippen LogP contribution in [-0.2, 0) is 0 Å². The van der Waals surface area contributed by atoms with Gasteiger partial charge in [0.05, 0.1) is 10.7 Å².